The lowest BCUT2D eigenvalue weighted by molar-refractivity contribution is -0.135. The van der Waals surface area contributed by atoms with Gasteiger partial charge in [-0.1, -0.05) is 24.3 Å². The molecule has 1 spiro atoms. The standard InChI is InChI=1S/C24H28N4O2.C7H5NO2/c1-16(29)27-10-8-24(9-11-27)14-28(15-24)22-7-4-18-12-17(2-5-20(18)22)19-3-6-21(23(25)30)26-13-19;1-2-5-7-8-4(1)6(10-7)3-9-5/h2-3,5-6,12-13,22H,4,7-11,14-15H2,1H3,(H2,25,30);1-2,6H,3H2/t22-;/m1./s1. The molecule has 9 heteroatoms. The summed E-state index contributed by atoms with van der Waals surface area (Å²) in [5.74, 6) is 1.14. The maximum atomic E-state index is 11.6. The first-order chi connectivity index (χ1) is 19.4. The first-order valence-electron chi connectivity index (χ1n) is 14.1. The van der Waals surface area contributed by atoms with E-state index < -0.39 is 5.91 Å². The van der Waals surface area contributed by atoms with Crippen molar-refractivity contribution < 1.29 is 19.1 Å². The number of fused-ring (bicyclic) bond motifs is 4. The molecule has 2 fully saturated rings. The van der Waals surface area contributed by atoms with Crippen molar-refractivity contribution in [1.82, 2.24) is 19.8 Å². The van der Waals surface area contributed by atoms with E-state index in [1.807, 2.05) is 23.1 Å². The number of amides is 2. The predicted molar refractivity (Wildman–Crippen MR) is 148 cm³/mol. The Kier molecular flexibility index (Phi) is 6.00. The van der Waals surface area contributed by atoms with E-state index in [0.29, 0.717) is 29.6 Å². The van der Waals surface area contributed by atoms with Crippen molar-refractivity contribution in [3.05, 3.63) is 71.2 Å². The third-order valence-corrected chi connectivity index (χ3v) is 9.15. The van der Waals surface area contributed by atoms with Crippen molar-refractivity contribution in [2.75, 3.05) is 32.8 Å². The molecule has 0 radical (unpaired) electrons. The lowest BCUT2D eigenvalue weighted by Gasteiger charge is -2.56. The van der Waals surface area contributed by atoms with Crippen LogP contribution < -0.4 is 15.2 Å². The van der Waals surface area contributed by atoms with Crippen LogP contribution >= 0.6 is 0 Å². The molecule has 1 unspecified atom stereocenters. The summed E-state index contributed by atoms with van der Waals surface area (Å²) in [7, 11) is 0. The number of rotatable bonds is 3. The van der Waals surface area contributed by atoms with Gasteiger partial charge in [0.05, 0.1) is 5.69 Å². The Morgan fingerprint density at radius 1 is 1.05 bits per heavy atom. The van der Waals surface area contributed by atoms with Crippen LogP contribution in [0.25, 0.3) is 11.1 Å². The van der Waals surface area contributed by atoms with Crippen LogP contribution in [0, 0.1) is 5.41 Å². The number of nitrogens with zero attached hydrogens (tertiary/aromatic N) is 4. The molecule has 1 aromatic carbocycles. The van der Waals surface area contributed by atoms with Crippen molar-refractivity contribution in [3.63, 3.8) is 0 Å². The van der Waals surface area contributed by atoms with E-state index in [1.54, 1.807) is 19.2 Å². The summed E-state index contributed by atoms with van der Waals surface area (Å²) in [6.07, 6.45) is 6.33. The number of aryl methyl sites for hydroxylation is 1. The molecule has 3 aromatic rings. The van der Waals surface area contributed by atoms with Crippen molar-refractivity contribution in [2.45, 2.75) is 44.8 Å². The first-order valence-corrected chi connectivity index (χ1v) is 14.1. The molecular formula is C31H33N5O4. The minimum absolute atomic E-state index is 0.0671. The van der Waals surface area contributed by atoms with E-state index >= 15 is 0 Å². The molecule has 0 saturated carbocycles. The van der Waals surface area contributed by atoms with Gasteiger partial charge in [0.25, 0.3) is 11.8 Å². The quantitative estimate of drug-likeness (QED) is 0.541. The van der Waals surface area contributed by atoms with Gasteiger partial charge < -0.3 is 20.1 Å². The van der Waals surface area contributed by atoms with Crippen LogP contribution in [0.15, 0.2) is 48.7 Å². The Labute approximate surface area is 233 Å². The Morgan fingerprint density at radius 3 is 2.58 bits per heavy atom. The van der Waals surface area contributed by atoms with Crippen molar-refractivity contribution in [3.8, 4) is 22.8 Å². The van der Waals surface area contributed by atoms with Crippen LogP contribution in [-0.4, -0.2) is 64.4 Å². The number of hydrogen-bond acceptors (Lipinski definition) is 7. The first kappa shape index (κ1) is 25.0. The molecular weight excluding hydrogens is 506 g/mol. The summed E-state index contributed by atoms with van der Waals surface area (Å²) in [5, 5.41) is 0. The molecule has 2 amide bonds. The molecule has 40 heavy (non-hydrogen) atoms. The van der Waals surface area contributed by atoms with Crippen molar-refractivity contribution in [1.29, 1.82) is 0 Å². The predicted octanol–water partition coefficient (Wildman–Crippen LogP) is 3.69. The second-order valence-corrected chi connectivity index (χ2v) is 11.6. The summed E-state index contributed by atoms with van der Waals surface area (Å²) in [6.45, 7) is 6.43. The van der Waals surface area contributed by atoms with Crippen LogP contribution in [0.4, 0.5) is 0 Å². The van der Waals surface area contributed by atoms with E-state index in [9.17, 15) is 9.59 Å². The Hall–Kier alpha value is -3.98. The Balaban J connectivity index is 0.000000218. The fraction of sp³-hybridized carbons (Fsp3) is 0.419. The summed E-state index contributed by atoms with van der Waals surface area (Å²) in [4.78, 5) is 35.8. The van der Waals surface area contributed by atoms with Crippen LogP contribution in [0.5, 0.6) is 11.6 Å². The highest BCUT2D eigenvalue weighted by Crippen LogP contribution is 2.48. The number of piperidine rings is 1. The molecule has 206 valence electrons. The highest BCUT2D eigenvalue weighted by Gasteiger charge is 2.48. The molecule has 2 saturated heterocycles. The van der Waals surface area contributed by atoms with Gasteiger partial charge in [-0.25, -0.2) is 4.98 Å². The summed E-state index contributed by atoms with van der Waals surface area (Å²) >= 11 is 0. The number of nitrogens with two attached hydrogens (primary N) is 1. The summed E-state index contributed by atoms with van der Waals surface area (Å²) < 4.78 is 10.7. The monoisotopic (exact) mass is 539 g/mol. The summed E-state index contributed by atoms with van der Waals surface area (Å²) in [5.41, 5.74) is 12.0. The van der Waals surface area contributed by atoms with Gasteiger partial charge in [0.15, 0.2) is 11.9 Å². The second-order valence-electron chi connectivity index (χ2n) is 11.6. The number of aromatic nitrogens is 2. The number of primary amides is 1. The van der Waals surface area contributed by atoms with Gasteiger partial charge in [0, 0.05) is 50.9 Å². The van der Waals surface area contributed by atoms with Gasteiger partial charge >= 0.3 is 0 Å². The van der Waals surface area contributed by atoms with Gasteiger partial charge in [-0.3, -0.25) is 19.5 Å². The number of hydrogen-bond donors (Lipinski definition) is 1. The van der Waals surface area contributed by atoms with Gasteiger partial charge in [-0.2, -0.15) is 0 Å². The number of carbonyl (C=O) groups excluding carboxylic acids is 2. The van der Waals surface area contributed by atoms with E-state index in [1.165, 1.54) is 17.5 Å². The van der Waals surface area contributed by atoms with Gasteiger partial charge in [0.2, 0.25) is 5.91 Å². The third-order valence-electron chi connectivity index (χ3n) is 9.15. The van der Waals surface area contributed by atoms with E-state index in [4.69, 9.17) is 15.2 Å². The van der Waals surface area contributed by atoms with Crippen LogP contribution in [0.3, 0.4) is 0 Å². The topological polar surface area (TPSA) is 111 Å². The number of carbonyl (C=O) groups is 2. The molecule has 1 aliphatic carbocycles. The van der Waals surface area contributed by atoms with E-state index in [-0.39, 0.29) is 12.0 Å². The smallest absolute Gasteiger partial charge is 0.267 e. The molecule has 2 N–H and O–H groups in total. The number of ether oxygens (including phenoxy) is 2. The zero-order chi connectivity index (χ0) is 27.4. The normalized spacial score (nSPS) is 23.0. The molecule has 6 heterocycles. The fourth-order valence-electron chi connectivity index (χ4n) is 6.81. The van der Waals surface area contributed by atoms with Crippen molar-refractivity contribution >= 4 is 11.8 Å². The Morgan fingerprint density at radius 2 is 1.85 bits per heavy atom. The highest BCUT2D eigenvalue weighted by atomic mass is 16.6. The van der Waals surface area contributed by atoms with Crippen LogP contribution in [0.1, 0.15) is 65.6 Å². The van der Waals surface area contributed by atoms with E-state index in [0.717, 1.165) is 68.0 Å². The van der Waals surface area contributed by atoms with Crippen LogP contribution in [0.2, 0.25) is 0 Å². The lowest BCUT2D eigenvalue weighted by Crippen LogP contribution is -2.61. The Bertz CT molecular complexity index is 1470. The molecule has 5 aliphatic rings. The second kappa shape index (κ2) is 9.59. The molecule has 2 aromatic heterocycles. The fourth-order valence-corrected chi connectivity index (χ4v) is 6.81. The van der Waals surface area contributed by atoms with Gasteiger partial charge in [0.1, 0.15) is 12.3 Å². The lowest BCUT2D eigenvalue weighted by atomic mass is 9.71. The average molecular weight is 540 g/mol. The minimum atomic E-state index is -0.502. The van der Waals surface area contributed by atoms with Gasteiger partial charge in [-0.05, 0) is 66.0 Å². The average Bonchev–Trinajstić information content (AvgIpc) is 3.41. The number of pyridine rings is 2. The zero-order valence-electron chi connectivity index (χ0n) is 22.6. The molecule has 2 atom stereocenters. The van der Waals surface area contributed by atoms with E-state index in [2.05, 4.69) is 33.1 Å². The molecule has 8 rings (SSSR count). The van der Waals surface area contributed by atoms with Gasteiger partial charge in [-0.15, -0.1) is 0 Å². The third kappa shape index (κ3) is 4.38. The minimum Gasteiger partial charge on any atom is -0.484 e. The SMILES string of the molecule is CC(=O)N1CCC2(CC1)CN([C@@H]1CCc3cc(-c4ccc(C(N)=O)nc4)ccc31)C2.c1cc2c3nc1C(CO2)O3. The summed E-state index contributed by atoms with van der Waals surface area (Å²) in [6, 6.07) is 14.7. The molecule has 4 aliphatic heterocycles. The molecule has 9 nitrogen and oxygen atoms in total. The maximum Gasteiger partial charge on any atom is 0.267 e. The highest BCUT2D eigenvalue weighted by molar-refractivity contribution is 5.91. The number of benzene rings is 1. The van der Waals surface area contributed by atoms with Crippen LogP contribution in [-0.2, 0) is 11.2 Å². The largest absolute Gasteiger partial charge is 0.484 e. The van der Waals surface area contributed by atoms with Crippen molar-refractivity contribution in [2.24, 2.45) is 11.1 Å². The zero-order valence-corrected chi connectivity index (χ0v) is 22.6. The molecule has 3 bridgehead atoms. The maximum absolute atomic E-state index is 11.6. The number of likely N-dealkylation sites (tertiary alicyclic amines) is 2.